The average molecular weight is 225 g/mol. The van der Waals surface area contributed by atoms with Crippen molar-refractivity contribution in [3.63, 3.8) is 0 Å². The van der Waals surface area contributed by atoms with Crippen LogP contribution in [0.4, 0.5) is 8.78 Å². The van der Waals surface area contributed by atoms with Gasteiger partial charge < -0.3 is 5.11 Å². The van der Waals surface area contributed by atoms with Crippen LogP contribution in [0.25, 0.3) is 5.57 Å². The van der Waals surface area contributed by atoms with Gasteiger partial charge in [-0.3, -0.25) is 4.98 Å². The van der Waals surface area contributed by atoms with Gasteiger partial charge in [0.25, 0.3) is 5.92 Å². The number of hydrogen-bond acceptors (Lipinski definition) is 2. The zero-order valence-corrected chi connectivity index (χ0v) is 8.95. The number of aromatic nitrogens is 1. The van der Waals surface area contributed by atoms with Gasteiger partial charge in [-0.05, 0) is 35.8 Å². The Bertz CT molecular complexity index is 399. The molecule has 1 rings (SSSR count). The lowest BCUT2D eigenvalue weighted by Crippen LogP contribution is -2.22. The number of nitrogens with zero attached hydrogens (tertiary/aromatic N) is 1. The third-order valence-electron chi connectivity index (χ3n) is 2.20. The Kier molecular flexibility index (Phi) is 3.90. The summed E-state index contributed by atoms with van der Waals surface area (Å²) in [5.74, 6) is -3.20. The summed E-state index contributed by atoms with van der Waals surface area (Å²) in [7, 11) is 0. The maximum absolute atomic E-state index is 13.0. The van der Waals surface area contributed by atoms with Crippen LogP contribution in [-0.4, -0.2) is 22.6 Å². The van der Waals surface area contributed by atoms with Crippen molar-refractivity contribution in [2.75, 3.05) is 6.61 Å². The van der Waals surface area contributed by atoms with E-state index in [1.165, 1.54) is 13.0 Å². The highest BCUT2D eigenvalue weighted by atomic mass is 19.3. The van der Waals surface area contributed by atoms with Gasteiger partial charge in [0.1, 0.15) is 6.61 Å². The molecule has 0 radical (unpaired) electrons. The molecule has 0 aliphatic rings. The molecule has 1 aromatic rings. The van der Waals surface area contributed by atoms with E-state index in [1.807, 2.05) is 0 Å². The van der Waals surface area contributed by atoms with Crippen molar-refractivity contribution in [3.05, 3.63) is 48.3 Å². The second-order valence-corrected chi connectivity index (χ2v) is 3.46. The second kappa shape index (κ2) is 4.99. The number of aliphatic hydroxyl groups is 1. The van der Waals surface area contributed by atoms with Gasteiger partial charge in [0.05, 0.1) is 0 Å². The molecule has 2 nitrogen and oxygen atoms in total. The fraction of sp³-hybridized carbons (Fsp3) is 0.250. The van der Waals surface area contributed by atoms with Crippen LogP contribution in [0.5, 0.6) is 0 Å². The van der Waals surface area contributed by atoms with Crippen LogP contribution >= 0.6 is 0 Å². The average Bonchev–Trinajstić information content (AvgIpc) is 2.30. The first-order valence-corrected chi connectivity index (χ1v) is 4.74. The van der Waals surface area contributed by atoms with E-state index in [2.05, 4.69) is 11.6 Å². The zero-order valence-electron chi connectivity index (χ0n) is 8.95. The van der Waals surface area contributed by atoms with E-state index in [0.717, 1.165) is 0 Å². The van der Waals surface area contributed by atoms with Crippen LogP contribution in [0, 0.1) is 0 Å². The summed E-state index contributed by atoms with van der Waals surface area (Å²) < 4.78 is 26.1. The highest BCUT2D eigenvalue weighted by molar-refractivity contribution is 5.72. The molecule has 1 aromatic heterocycles. The number of allylic oxidation sites excluding steroid dienone is 2. The number of pyridine rings is 1. The van der Waals surface area contributed by atoms with E-state index >= 15 is 0 Å². The van der Waals surface area contributed by atoms with E-state index < -0.39 is 12.5 Å². The smallest absolute Gasteiger partial charge is 0.291 e. The number of alkyl halides is 2. The molecule has 4 heteroatoms. The maximum Gasteiger partial charge on any atom is 0.291 e. The Morgan fingerprint density at radius 2 is 2.31 bits per heavy atom. The first-order valence-electron chi connectivity index (χ1n) is 4.74. The van der Waals surface area contributed by atoms with Crippen molar-refractivity contribution in [1.82, 2.24) is 4.98 Å². The molecular weight excluding hydrogens is 212 g/mol. The third-order valence-corrected chi connectivity index (χ3v) is 2.20. The van der Waals surface area contributed by atoms with Gasteiger partial charge in [-0.1, -0.05) is 12.6 Å². The minimum Gasteiger partial charge on any atom is -0.390 e. The molecule has 86 valence electrons. The van der Waals surface area contributed by atoms with Gasteiger partial charge in [-0.15, -0.1) is 0 Å². The van der Waals surface area contributed by atoms with E-state index in [9.17, 15) is 8.78 Å². The number of halogens is 2. The molecule has 0 aliphatic heterocycles. The Hall–Kier alpha value is -1.55. The zero-order chi connectivity index (χ0) is 12.2. The predicted octanol–water partition coefficient (Wildman–Crippen LogP) is 2.67. The van der Waals surface area contributed by atoms with Crippen molar-refractivity contribution in [3.8, 4) is 0 Å². The predicted molar refractivity (Wildman–Crippen MR) is 59.1 cm³/mol. The summed E-state index contributed by atoms with van der Waals surface area (Å²) in [5.41, 5.74) is 0.901. The fourth-order valence-corrected chi connectivity index (χ4v) is 1.13. The molecule has 1 N–H and O–H groups in total. The molecule has 0 saturated heterocycles. The van der Waals surface area contributed by atoms with Gasteiger partial charge >= 0.3 is 0 Å². The highest BCUT2D eigenvalue weighted by Gasteiger charge is 2.29. The molecule has 16 heavy (non-hydrogen) atoms. The molecule has 0 saturated carbocycles. The summed E-state index contributed by atoms with van der Waals surface area (Å²) in [5, 5.41) is 8.52. The van der Waals surface area contributed by atoms with Crippen molar-refractivity contribution < 1.29 is 13.9 Å². The minimum atomic E-state index is -3.20. The normalized spacial score (nSPS) is 12.6. The molecule has 0 aromatic carbocycles. The molecule has 0 aliphatic carbocycles. The van der Waals surface area contributed by atoms with Crippen LogP contribution < -0.4 is 0 Å². The Balaban J connectivity index is 2.90. The van der Waals surface area contributed by atoms with E-state index in [0.29, 0.717) is 11.1 Å². The van der Waals surface area contributed by atoms with E-state index in [-0.39, 0.29) is 5.57 Å². The van der Waals surface area contributed by atoms with Crippen molar-refractivity contribution in [2.45, 2.75) is 12.8 Å². The first kappa shape index (κ1) is 12.5. The molecule has 0 bridgehead atoms. The standard InChI is InChI=1S/C12H13F2NO/c1-9(11-4-3-5-15-7-11)6-10(2)12(13,14)8-16/h3-7,16H,1,8H2,2H3/b10-6+. The summed E-state index contributed by atoms with van der Waals surface area (Å²) in [6.45, 7) is 3.74. The molecule has 1 heterocycles. The molecule has 0 unspecified atom stereocenters. The quantitative estimate of drug-likeness (QED) is 0.799. The van der Waals surface area contributed by atoms with Crippen molar-refractivity contribution in [2.24, 2.45) is 0 Å². The Morgan fingerprint density at radius 1 is 1.62 bits per heavy atom. The number of rotatable bonds is 4. The minimum absolute atomic E-state index is 0.219. The number of aliphatic hydroxyl groups excluding tert-OH is 1. The molecule has 0 amide bonds. The highest BCUT2D eigenvalue weighted by Crippen LogP contribution is 2.25. The lowest BCUT2D eigenvalue weighted by molar-refractivity contribution is -0.0155. The number of hydrogen-bond donors (Lipinski definition) is 1. The first-order chi connectivity index (χ1) is 7.47. The van der Waals surface area contributed by atoms with E-state index in [4.69, 9.17) is 5.11 Å². The van der Waals surface area contributed by atoms with Crippen LogP contribution in [-0.2, 0) is 0 Å². The SMILES string of the molecule is C=C(/C=C(\C)C(F)(F)CO)c1cccnc1. The third kappa shape index (κ3) is 2.97. The maximum atomic E-state index is 13.0. The van der Waals surface area contributed by atoms with Crippen LogP contribution in [0.3, 0.4) is 0 Å². The Labute approximate surface area is 93.0 Å². The summed E-state index contributed by atoms with van der Waals surface area (Å²) in [4.78, 5) is 3.87. The summed E-state index contributed by atoms with van der Waals surface area (Å²) >= 11 is 0. The lowest BCUT2D eigenvalue weighted by atomic mass is 10.0. The molecule has 0 atom stereocenters. The van der Waals surface area contributed by atoms with E-state index in [1.54, 1.807) is 24.5 Å². The van der Waals surface area contributed by atoms with Crippen molar-refractivity contribution >= 4 is 5.57 Å². The van der Waals surface area contributed by atoms with Crippen LogP contribution in [0.2, 0.25) is 0 Å². The largest absolute Gasteiger partial charge is 0.390 e. The monoisotopic (exact) mass is 225 g/mol. The topological polar surface area (TPSA) is 33.1 Å². The molecule has 0 spiro atoms. The molecular formula is C12H13F2NO. The van der Waals surface area contributed by atoms with Crippen molar-refractivity contribution in [1.29, 1.82) is 0 Å². The van der Waals surface area contributed by atoms with Gasteiger partial charge in [-0.2, -0.15) is 8.78 Å². The Morgan fingerprint density at radius 3 is 2.81 bits per heavy atom. The summed E-state index contributed by atoms with van der Waals surface area (Å²) in [6.07, 6.45) is 4.39. The fourth-order valence-electron chi connectivity index (χ4n) is 1.13. The van der Waals surface area contributed by atoms with Gasteiger partial charge in [0.2, 0.25) is 0 Å². The van der Waals surface area contributed by atoms with Crippen LogP contribution in [0.15, 0.2) is 42.8 Å². The van der Waals surface area contributed by atoms with Crippen LogP contribution in [0.1, 0.15) is 12.5 Å². The summed E-state index contributed by atoms with van der Waals surface area (Å²) in [6, 6.07) is 3.43. The van der Waals surface area contributed by atoms with Gasteiger partial charge in [0, 0.05) is 12.4 Å². The lowest BCUT2D eigenvalue weighted by Gasteiger charge is -2.14. The van der Waals surface area contributed by atoms with Gasteiger partial charge in [-0.25, -0.2) is 0 Å². The van der Waals surface area contributed by atoms with Gasteiger partial charge in [0.15, 0.2) is 0 Å². The molecule has 0 fully saturated rings. The second-order valence-electron chi connectivity index (χ2n) is 3.46.